The van der Waals surface area contributed by atoms with Crippen LogP contribution in [0.25, 0.3) is 0 Å². The van der Waals surface area contributed by atoms with Gasteiger partial charge in [-0.3, -0.25) is 9.59 Å². The smallest absolute Gasteiger partial charge is 0.242 e. The summed E-state index contributed by atoms with van der Waals surface area (Å²) in [6, 6.07) is 3.78. The molecule has 1 saturated heterocycles. The summed E-state index contributed by atoms with van der Waals surface area (Å²) in [5.74, 6) is -0.115. The van der Waals surface area contributed by atoms with Crippen LogP contribution in [0, 0.1) is 13.8 Å². The van der Waals surface area contributed by atoms with Crippen molar-refractivity contribution in [1.82, 2.24) is 15.2 Å². The third-order valence-corrected chi connectivity index (χ3v) is 3.36. The lowest BCUT2D eigenvalue weighted by atomic mass is 10.2. The van der Waals surface area contributed by atoms with E-state index in [1.165, 1.54) is 11.4 Å². The molecule has 2 rings (SSSR count). The molecule has 5 heteroatoms. The predicted octanol–water partition coefficient (Wildman–Crippen LogP) is 0.500. The van der Waals surface area contributed by atoms with E-state index >= 15 is 0 Å². The standard InChI is InChI=1S/C13H19N3O2/c1-9-3-4-10(2)16(9)8-7-14-13(18)11-5-6-12(17)15-11/h3-4,11H,5-8H2,1-2H3,(H,14,18)(H,15,17). The SMILES string of the molecule is Cc1ccc(C)n1CCNC(=O)C1CCC(=O)N1. The summed E-state index contributed by atoms with van der Waals surface area (Å²) in [7, 11) is 0. The maximum Gasteiger partial charge on any atom is 0.242 e. The Kier molecular flexibility index (Phi) is 3.69. The monoisotopic (exact) mass is 249 g/mol. The third-order valence-electron chi connectivity index (χ3n) is 3.36. The molecular formula is C13H19N3O2. The summed E-state index contributed by atoms with van der Waals surface area (Å²) in [4.78, 5) is 22.8. The average molecular weight is 249 g/mol. The topological polar surface area (TPSA) is 63.1 Å². The van der Waals surface area contributed by atoms with Crippen molar-refractivity contribution in [2.75, 3.05) is 6.54 Å². The maximum atomic E-state index is 11.8. The third kappa shape index (κ3) is 2.72. The molecule has 5 nitrogen and oxygen atoms in total. The van der Waals surface area contributed by atoms with Crippen LogP contribution < -0.4 is 10.6 Å². The molecule has 2 amide bonds. The van der Waals surface area contributed by atoms with Gasteiger partial charge in [-0.25, -0.2) is 0 Å². The second-order valence-electron chi connectivity index (χ2n) is 4.72. The molecule has 0 saturated carbocycles. The molecule has 0 radical (unpaired) electrons. The van der Waals surface area contributed by atoms with E-state index in [-0.39, 0.29) is 17.9 Å². The zero-order chi connectivity index (χ0) is 13.1. The lowest BCUT2D eigenvalue weighted by Gasteiger charge is -2.13. The summed E-state index contributed by atoms with van der Waals surface area (Å²) in [6.45, 7) is 5.44. The van der Waals surface area contributed by atoms with E-state index in [0.717, 1.165) is 6.54 Å². The molecule has 1 aromatic heterocycles. The van der Waals surface area contributed by atoms with Crippen molar-refractivity contribution in [2.24, 2.45) is 0 Å². The molecule has 18 heavy (non-hydrogen) atoms. The average Bonchev–Trinajstić information content (AvgIpc) is 2.89. The Balaban J connectivity index is 1.79. The van der Waals surface area contributed by atoms with Crippen LogP contribution in [0.15, 0.2) is 12.1 Å². The number of nitrogens with zero attached hydrogens (tertiary/aromatic N) is 1. The number of carbonyl (C=O) groups excluding carboxylic acids is 2. The van der Waals surface area contributed by atoms with Crippen LogP contribution in [0.1, 0.15) is 24.2 Å². The van der Waals surface area contributed by atoms with Gasteiger partial charge in [-0.1, -0.05) is 0 Å². The Bertz CT molecular complexity index is 445. The highest BCUT2D eigenvalue weighted by molar-refractivity contribution is 5.90. The number of hydrogen-bond donors (Lipinski definition) is 2. The quantitative estimate of drug-likeness (QED) is 0.816. The molecule has 0 bridgehead atoms. The first-order chi connectivity index (χ1) is 8.58. The Morgan fingerprint density at radius 1 is 1.44 bits per heavy atom. The van der Waals surface area contributed by atoms with Crippen molar-refractivity contribution >= 4 is 11.8 Å². The molecule has 1 atom stereocenters. The molecule has 1 aliphatic heterocycles. The Hall–Kier alpha value is -1.78. The van der Waals surface area contributed by atoms with E-state index in [4.69, 9.17) is 0 Å². The summed E-state index contributed by atoms with van der Waals surface area (Å²) in [5, 5.41) is 5.53. The number of rotatable bonds is 4. The van der Waals surface area contributed by atoms with E-state index in [2.05, 4.69) is 27.3 Å². The molecule has 2 heterocycles. The lowest BCUT2D eigenvalue weighted by Crippen LogP contribution is -2.42. The number of aryl methyl sites for hydroxylation is 2. The minimum atomic E-state index is -0.343. The number of nitrogens with one attached hydrogen (secondary N) is 2. The van der Waals surface area contributed by atoms with Crippen LogP contribution in [-0.2, 0) is 16.1 Å². The van der Waals surface area contributed by atoms with E-state index in [1.807, 2.05) is 13.8 Å². The van der Waals surface area contributed by atoms with E-state index in [9.17, 15) is 9.59 Å². The van der Waals surface area contributed by atoms with Gasteiger partial charge in [-0.2, -0.15) is 0 Å². The van der Waals surface area contributed by atoms with E-state index < -0.39 is 0 Å². The van der Waals surface area contributed by atoms with Gasteiger partial charge < -0.3 is 15.2 Å². The van der Waals surface area contributed by atoms with Crippen molar-refractivity contribution in [3.63, 3.8) is 0 Å². The molecule has 1 aliphatic rings. The summed E-state index contributed by atoms with van der Waals surface area (Å²) in [6.07, 6.45) is 1.06. The van der Waals surface area contributed by atoms with Crippen LogP contribution in [-0.4, -0.2) is 29.0 Å². The highest BCUT2D eigenvalue weighted by Crippen LogP contribution is 2.07. The number of hydrogen-bond acceptors (Lipinski definition) is 2. The van der Waals surface area contributed by atoms with Gasteiger partial charge in [0.1, 0.15) is 6.04 Å². The first-order valence-electron chi connectivity index (χ1n) is 6.28. The van der Waals surface area contributed by atoms with Crippen molar-refractivity contribution in [3.8, 4) is 0 Å². The lowest BCUT2D eigenvalue weighted by molar-refractivity contribution is -0.125. The second kappa shape index (κ2) is 5.25. The molecule has 0 aliphatic carbocycles. The van der Waals surface area contributed by atoms with Gasteiger partial charge in [-0.15, -0.1) is 0 Å². The fourth-order valence-corrected chi connectivity index (χ4v) is 2.28. The van der Waals surface area contributed by atoms with Gasteiger partial charge in [0, 0.05) is 30.9 Å². The first-order valence-corrected chi connectivity index (χ1v) is 6.28. The molecule has 0 spiro atoms. The Morgan fingerprint density at radius 3 is 2.67 bits per heavy atom. The normalized spacial score (nSPS) is 18.8. The van der Waals surface area contributed by atoms with Crippen LogP contribution in [0.4, 0.5) is 0 Å². The van der Waals surface area contributed by atoms with Gasteiger partial charge in [-0.05, 0) is 32.4 Å². The highest BCUT2D eigenvalue weighted by atomic mass is 16.2. The van der Waals surface area contributed by atoms with Crippen molar-refractivity contribution in [2.45, 2.75) is 39.3 Å². The summed E-state index contributed by atoms with van der Waals surface area (Å²) < 4.78 is 2.16. The van der Waals surface area contributed by atoms with Gasteiger partial charge in [0.25, 0.3) is 0 Å². The van der Waals surface area contributed by atoms with Crippen LogP contribution in [0.2, 0.25) is 0 Å². The Labute approximate surface area is 107 Å². The second-order valence-corrected chi connectivity index (χ2v) is 4.72. The molecule has 1 unspecified atom stereocenters. The molecule has 2 N–H and O–H groups in total. The van der Waals surface area contributed by atoms with Crippen molar-refractivity contribution < 1.29 is 9.59 Å². The Morgan fingerprint density at radius 2 is 2.11 bits per heavy atom. The minimum absolute atomic E-state index is 0.0350. The fraction of sp³-hybridized carbons (Fsp3) is 0.538. The largest absolute Gasteiger partial charge is 0.353 e. The molecule has 1 fully saturated rings. The van der Waals surface area contributed by atoms with Crippen LogP contribution in [0.5, 0.6) is 0 Å². The van der Waals surface area contributed by atoms with Gasteiger partial charge in [0.05, 0.1) is 0 Å². The van der Waals surface area contributed by atoms with Gasteiger partial charge in [0.2, 0.25) is 11.8 Å². The predicted molar refractivity (Wildman–Crippen MR) is 68.1 cm³/mol. The number of amides is 2. The highest BCUT2D eigenvalue weighted by Gasteiger charge is 2.26. The molecule has 98 valence electrons. The number of aromatic nitrogens is 1. The zero-order valence-electron chi connectivity index (χ0n) is 10.8. The maximum absolute atomic E-state index is 11.8. The first kappa shape index (κ1) is 12.7. The number of carbonyl (C=O) groups is 2. The van der Waals surface area contributed by atoms with Crippen molar-refractivity contribution in [3.05, 3.63) is 23.5 Å². The fourth-order valence-electron chi connectivity index (χ4n) is 2.28. The van der Waals surface area contributed by atoms with Gasteiger partial charge in [0.15, 0.2) is 0 Å². The van der Waals surface area contributed by atoms with Crippen molar-refractivity contribution in [1.29, 1.82) is 0 Å². The van der Waals surface area contributed by atoms with E-state index in [1.54, 1.807) is 0 Å². The summed E-state index contributed by atoms with van der Waals surface area (Å²) >= 11 is 0. The van der Waals surface area contributed by atoms with Gasteiger partial charge >= 0.3 is 0 Å². The summed E-state index contributed by atoms with van der Waals surface area (Å²) in [5.41, 5.74) is 2.38. The van der Waals surface area contributed by atoms with E-state index in [0.29, 0.717) is 19.4 Å². The molecule has 1 aromatic rings. The zero-order valence-corrected chi connectivity index (χ0v) is 10.8. The molecular weight excluding hydrogens is 230 g/mol. The van der Waals surface area contributed by atoms with Crippen LogP contribution >= 0.6 is 0 Å². The molecule has 0 aromatic carbocycles. The minimum Gasteiger partial charge on any atom is -0.353 e. The van der Waals surface area contributed by atoms with Crippen LogP contribution in [0.3, 0.4) is 0 Å².